The highest BCUT2D eigenvalue weighted by atomic mass is 16.6. The predicted molar refractivity (Wildman–Crippen MR) is 63.3 cm³/mol. The zero-order valence-electron chi connectivity index (χ0n) is 9.23. The normalized spacial score (nSPS) is 19.9. The molecule has 4 heteroatoms. The lowest BCUT2D eigenvalue weighted by Gasteiger charge is -2.09. The number of benzene rings is 1. The number of nitrogens with two attached hydrogens (primary N) is 1. The summed E-state index contributed by atoms with van der Waals surface area (Å²) in [5, 5.41) is 9.64. The molecule has 0 spiro atoms. The first-order valence-corrected chi connectivity index (χ1v) is 5.96. The summed E-state index contributed by atoms with van der Waals surface area (Å²) >= 11 is 0. The van der Waals surface area contributed by atoms with Gasteiger partial charge in [0, 0.05) is 0 Å². The molecule has 0 radical (unpaired) electrons. The van der Waals surface area contributed by atoms with E-state index in [9.17, 15) is 5.02 Å². The fourth-order valence-electron chi connectivity index (χ4n) is 2.23. The Morgan fingerprint density at radius 2 is 1.56 bits per heavy atom. The fraction of sp³-hybridized carbons (Fsp3) is 0.500. The van der Waals surface area contributed by atoms with Crippen LogP contribution in [0.15, 0.2) is 18.2 Å². The summed E-state index contributed by atoms with van der Waals surface area (Å²) in [5.74, 6) is 6.43. The molecule has 2 aliphatic carbocycles. The van der Waals surface area contributed by atoms with Gasteiger partial charge in [-0.3, -0.25) is 0 Å². The lowest BCUT2D eigenvalue weighted by Crippen LogP contribution is -2.36. The molecule has 3 N–H and O–H groups in total. The van der Waals surface area contributed by atoms with Gasteiger partial charge in [-0.05, 0) is 54.1 Å². The molecule has 2 aliphatic rings. The van der Waals surface area contributed by atoms with E-state index in [1.54, 1.807) is 0 Å². The first-order valence-electron chi connectivity index (χ1n) is 5.96. The SMILES string of the molecule is NOB(O)c1cc(C2CC2)cc(C2CC2)c1. The van der Waals surface area contributed by atoms with Crippen molar-refractivity contribution >= 4 is 12.6 Å². The highest BCUT2D eigenvalue weighted by molar-refractivity contribution is 6.59. The molecule has 3 nitrogen and oxygen atoms in total. The third-order valence-corrected chi connectivity index (χ3v) is 3.51. The van der Waals surface area contributed by atoms with Crippen LogP contribution in [0.2, 0.25) is 0 Å². The molecule has 0 unspecified atom stereocenters. The van der Waals surface area contributed by atoms with E-state index in [1.807, 2.05) is 12.1 Å². The Bertz CT molecular complexity index is 372. The van der Waals surface area contributed by atoms with Crippen LogP contribution in [-0.2, 0) is 4.76 Å². The summed E-state index contributed by atoms with van der Waals surface area (Å²) in [6.07, 6.45) is 5.08. The minimum atomic E-state index is -0.990. The van der Waals surface area contributed by atoms with Gasteiger partial charge in [0.25, 0.3) is 0 Å². The standard InChI is InChI=1S/C12H16BNO2/c14-16-13(15)12-6-10(8-1-2-8)5-11(7-12)9-3-4-9/h5-9,15H,1-4,14H2. The summed E-state index contributed by atoms with van der Waals surface area (Å²) in [5.41, 5.74) is 3.49. The molecule has 0 bridgehead atoms. The van der Waals surface area contributed by atoms with Crippen LogP contribution in [0.25, 0.3) is 0 Å². The van der Waals surface area contributed by atoms with Gasteiger partial charge in [0.2, 0.25) is 0 Å². The van der Waals surface area contributed by atoms with Crippen LogP contribution in [0, 0.1) is 0 Å². The Balaban J connectivity index is 1.95. The van der Waals surface area contributed by atoms with E-state index in [1.165, 1.54) is 36.8 Å². The molecule has 16 heavy (non-hydrogen) atoms. The van der Waals surface area contributed by atoms with Crippen molar-refractivity contribution in [3.8, 4) is 0 Å². The molecule has 0 aliphatic heterocycles. The van der Waals surface area contributed by atoms with Crippen molar-refractivity contribution < 1.29 is 9.78 Å². The first kappa shape index (κ1) is 10.3. The average Bonchev–Trinajstić information content (AvgIpc) is 3.20. The lowest BCUT2D eigenvalue weighted by molar-refractivity contribution is 0.281. The maximum Gasteiger partial charge on any atom is 0.508 e. The van der Waals surface area contributed by atoms with Gasteiger partial charge in [-0.25, -0.2) is 5.90 Å². The molecule has 0 atom stereocenters. The van der Waals surface area contributed by atoms with E-state index in [0.29, 0.717) is 11.8 Å². The van der Waals surface area contributed by atoms with Gasteiger partial charge in [0.1, 0.15) is 0 Å². The third-order valence-electron chi connectivity index (χ3n) is 3.51. The van der Waals surface area contributed by atoms with Crippen LogP contribution in [0.5, 0.6) is 0 Å². The Hall–Kier alpha value is -0.835. The van der Waals surface area contributed by atoms with Crippen LogP contribution >= 0.6 is 0 Å². The summed E-state index contributed by atoms with van der Waals surface area (Å²) in [6.45, 7) is 0. The van der Waals surface area contributed by atoms with Crippen molar-refractivity contribution in [1.29, 1.82) is 0 Å². The molecule has 0 saturated heterocycles. The Labute approximate surface area is 95.7 Å². The second kappa shape index (κ2) is 3.88. The maximum absolute atomic E-state index is 9.64. The van der Waals surface area contributed by atoms with Crippen LogP contribution < -0.4 is 11.4 Å². The largest absolute Gasteiger partial charge is 0.508 e. The van der Waals surface area contributed by atoms with Crippen molar-refractivity contribution in [1.82, 2.24) is 0 Å². The molecule has 2 fully saturated rings. The highest BCUT2D eigenvalue weighted by Gasteiger charge is 2.30. The van der Waals surface area contributed by atoms with E-state index in [-0.39, 0.29) is 0 Å². The topological polar surface area (TPSA) is 55.5 Å². The van der Waals surface area contributed by atoms with Crippen LogP contribution in [-0.4, -0.2) is 12.1 Å². The van der Waals surface area contributed by atoms with Crippen molar-refractivity contribution in [2.45, 2.75) is 37.5 Å². The van der Waals surface area contributed by atoms with Crippen molar-refractivity contribution in [2.75, 3.05) is 0 Å². The van der Waals surface area contributed by atoms with Gasteiger partial charge in [0.05, 0.1) is 0 Å². The molecule has 0 aromatic heterocycles. The first-order chi connectivity index (χ1) is 7.78. The van der Waals surface area contributed by atoms with E-state index in [0.717, 1.165) is 5.46 Å². The Kier molecular flexibility index (Phi) is 2.50. The lowest BCUT2D eigenvalue weighted by atomic mass is 9.77. The molecular weight excluding hydrogens is 201 g/mol. The van der Waals surface area contributed by atoms with Gasteiger partial charge >= 0.3 is 7.12 Å². The van der Waals surface area contributed by atoms with E-state index >= 15 is 0 Å². The van der Waals surface area contributed by atoms with Crippen molar-refractivity contribution in [3.63, 3.8) is 0 Å². The molecule has 0 heterocycles. The molecule has 3 rings (SSSR count). The molecule has 84 valence electrons. The van der Waals surface area contributed by atoms with Gasteiger partial charge < -0.3 is 9.78 Å². The smallest absolute Gasteiger partial charge is 0.422 e. The molecule has 1 aromatic rings. The molecule has 1 aromatic carbocycles. The average molecular weight is 217 g/mol. The molecule has 0 amide bonds. The fourth-order valence-corrected chi connectivity index (χ4v) is 2.23. The summed E-state index contributed by atoms with van der Waals surface area (Å²) in [6, 6.07) is 6.35. The zero-order chi connectivity index (χ0) is 11.1. The van der Waals surface area contributed by atoms with Gasteiger partial charge in [-0.1, -0.05) is 18.2 Å². The molecule has 2 saturated carbocycles. The van der Waals surface area contributed by atoms with Crippen molar-refractivity contribution in [3.05, 3.63) is 29.3 Å². The van der Waals surface area contributed by atoms with Crippen LogP contribution in [0.4, 0.5) is 0 Å². The summed E-state index contributed by atoms with van der Waals surface area (Å²) in [7, 11) is -0.990. The quantitative estimate of drug-likeness (QED) is 0.584. The van der Waals surface area contributed by atoms with E-state index in [4.69, 9.17) is 5.90 Å². The monoisotopic (exact) mass is 217 g/mol. The van der Waals surface area contributed by atoms with E-state index < -0.39 is 7.12 Å². The Morgan fingerprint density at radius 3 is 1.94 bits per heavy atom. The van der Waals surface area contributed by atoms with Crippen molar-refractivity contribution in [2.24, 2.45) is 5.90 Å². The maximum atomic E-state index is 9.64. The summed E-state index contributed by atoms with van der Waals surface area (Å²) in [4.78, 5) is 0. The van der Waals surface area contributed by atoms with Gasteiger partial charge in [0.15, 0.2) is 0 Å². The third kappa shape index (κ3) is 2.01. The van der Waals surface area contributed by atoms with Crippen LogP contribution in [0.3, 0.4) is 0 Å². The van der Waals surface area contributed by atoms with Gasteiger partial charge in [-0.15, -0.1) is 0 Å². The van der Waals surface area contributed by atoms with Gasteiger partial charge in [-0.2, -0.15) is 0 Å². The minimum absolute atomic E-state index is 0.697. The number of hydrogen-bond donors (Lipinski definition) is 2. The zero-order valence-corrected chi connectivity index (χ0v) is 9.23. The van der Waals surface area contributed by atoms with E-state index in [2.05, 4.69) is 10.8 Å². The van der Waals surface area contributed by atoms with Crippen LogP contribution in [0.1, 0.15) is 48.6 Å². The summed E-state index contributed by atoms with van der Waals surface area (Å²) < 4.78 is 4.50. The predicted octanol–water partition coefficient (Wildman–Crippen LogP) is 1.02. The minimum Gasteiger partial charge on any atom is -0.422 e. The highest BCUT2D eigenvalue weighted by Crippen LogP contribution is 2.44. The second-order valence-electron chi connectivity index (χ2n) is 4.97. The number of hydrogen-bond acceptors (Lipinski definition) is 3. The molecular formula is C12H16BNO2. The number of rotatable bonds is 4. The Morgan fingerprint density at radius 1 is 1.06 bits per heavy atom. The second-order valence-corrected chi connectivity index (χ2v) is 4.97.